The van der Waals surface area contributed by atoms with Crippen LogP contribution in [0.4, 0.5) is 5.13 Å². The van der Waals surface area contributed by atoms with Crippen molar-refractivity contribution in [3.05, 3.63) is 41.2 Å². The number of amides is 1. The van der Waals surface area contributed by atoms with Gasteiger partial charge in [-0.2, -0.15) is 0 Å². The van der Waals surface area contributed by atoms with Crippen LogP contribution in [0.5, 0.6) is 0 Å². The van der Waals surface area contributed by atoms with Crippen molar-refractivity contribution in [1.29, 1.82) is 0 Å². The molecule has 1 atom stereocenters. The van der Waals surface area contributed by atoms with Gasteiger partial charge in [0.25, 0.3) is 5.91 Å². The Morgan fingerprint density at radius 1 is 1.48 bits per heavy atom. The molecule has 0 saturated heterocycles. The summed E-state index contributed by atoms with van der Waals surface area (Å²) in [5.74, 6) is -0.0742. The fraction of sp³-hybridized carbons (Fsp3) is 0.357. The van der Waals surface area contributed by atoms with Crippen molar-refractivity contribution < 1.29 is 9.90 Å². The lowest BCUT2D eigenvalue weighted by Crippen LogP contribution is -2.41. The van der Waals surface area contributed by atoms with Crippen molar-refractivity contribution in [1.82, 2.24) is 15.3 Å². The number of aliphatic hydroxyl groups is 1. The van der Waals surface area contributed by atoms with Gasteiger partial charge in [0, 0.05) is 11.6 Å². The van der Waals surface area contributed by atoms with Crippen LogP contribution in [-0.4, -0.2) is 27.1 Å². The van der Waals surface area contributed by atoms with Gasteiger partial charge in [-0.25, -0.2) is 4.98 Å². The Morgan fingerprint density at radius 2 is 2.29 bits per heavy atom. The molecule has 1 aliphatic carbocycles. The van der Waals surface area contributed by atoms with E-state index >= 15 is 0 Å². The molecule has 0 spiro atoms. The minimum atomic E-state index is -0.284. The Bertz CT molecular complexity index is 625. The van der Waals surface area contributed by atoms with E-state index in [2.05, 4.69) is 15.3 Å². The van der Waals surface area contributed by atoms with Crippen LogP contribution in [0.3, 0.4) is 0 Å². The van der Waals surface area contributed by atoms with Crippen molar-refractivity contribution >= 4 is 22.4 Å². The number of rotatable bonds is 4. The molecule has 21 heavy (non-hydrogen) atoms. The predicted molar refractivity (Wildman–Crippen MR) is 79.7 cm³/mol. The van der Waals surface area contributed by atoms with Crippen molar-refractivity contribution in [2.75, 3.05) is 5.73 Å². The molecular formula is C14H16N4O2S. The number of hydrogen-bond acceptors (Lipinski definition) is 6. The molecule has 2 aromatic heterocycles. The fourth-order valence-corrected chi connectivity index (χ4v) is 3.05. The molecule has 0 aliphatic heterocycles. The maximum Gasteiger partial charge on any atom is 0.271 e. The first-order valence-corrected chi connectivity index (χ1v) is 7.62. The van der Waals surface area contributed by atoms with E-state index < -0.39 is 0 Å². The molecule has 0 aromatic carbocycles. The summed E-state index contributed by atoms with van der Waals surface area (Å²) in [6, 6.07) is 5.38. The van der Waals surface area contributed by atoms with Crippen molar-refractivity contribution in [2.24, 2.45) is 5.92 Å². The third-order valence-corrected chi connectivity index (χ3v) is 4.34. The normalized spacial score (nSPS) is 22.3. The van der Waals surface area contributed by atoms with Crippen LogP contribution >= 0.6 is 11.3 Å². The highest BCUT2D eigenvalue weighted by molar-refractivity contribution is 7.13. The van der Waals surface area contributed by atoms with E-state index in [4.69, 9.17) is 5.73 Å². The molecule has 2 aromatic rings. The van der Waals surface area contributed by atoms with Crippen molar-refractivity contribution in [2.45, 2.75) is 25.0 Å². The summed E-state index contributed by atoms with van der Waals surface area (Å²) in [6.07, 6.45) is 2.75. The Morgan fingerprint density at radius 3 is 2.86 bits per heavy atom. The molecule has 1 unspecified atom stereocenters. The van der Waals surface area contributed by atoms with Crippen LogP contribution in [0.25, 0.3) is 0 Å². The molecule has 1 saturated carbocycles. The lowest BCUT2D eigenvalue weighted by molar-refractivity contribution is 0.0228. The zero-order valence-electron chi connectivity index (χ0n) is 11.3. The van der Waals surface area contributed by atoms with Crippen LogP contribution in [0, 0.1) is 5.92 Å². The van der Waals surface area contributed by atoms with Gasteiger partial charge in [-0.1, -0.05) is 6.07 Å². The maximum atomic E-state index is 12.3. The van der Waals surface area contributed by atoms with Crippen LogP contribution in [0.1, 0.15) is 35.1 Å². The predicted octanol–water partition coefficient (Wildman–Crippen LogP) is 1.36. The van der Waals surface area contributed by atoms with Crippen LogP contribution in [0.2, 0.25) is 0 Å². The van der Waals surface area contributed by atoms with Crippen molar-refractivity contribution in [3.63, 3.8) is 0 Å². The SMILES string of the molecule is Nc1nc(C(=O)NC(c2ccccn2)C2CC(O)C2)cs1. The number of nitrogen functional groups attached to an aromatic ring is 1. The van der Waals surface area contributed by atoms with Gasteiger partial charge >= 0.3 is 0 Å². The Balaban J connectivity index is 1.78. The van der Waals surface area contributed by atoms with Gasteiger partial charge in [0.1, 0.15) is 5.69 Å². The van der Waals surface area contributed by atoms with E-state index in [0.29, 0.717) is 23.7 Å². The lowest BCUT2D eigenvalue weighted by atomic mass is 9.76. The number of hydrogen-bond donors (Lipinski definition) is 3. The summed E-state index contributed by atoms with van der Waals surface area (Å²) < 4.78 is 0. The monoisotopic (exact) mass is 304 g/mol. The Hall–Kier alpha value is -1.99. The second kappa shape index (κ2) is 5.79. The largest absolute Gasteiger partial charge is 0.393 e. The number of nitrogens with two attached hydrogens (primary N) is 1. The quantitative estimate of drug-likeness (QED) is 0.792. The van der Waals surface area contributed by atoms with Gasteiger partial charge in [-0.05, 0) is 30.9 Å². The minimum Gasteiger partial charge on any atom is -0.393 e. The van der Waals surface area contributed by atoms with Gasteiger partial charge in [-0.15, -0.1) is 11.3 Å². The minimum absolute atomic E-state index is 0.190. The molecule has 3 rings (SSSR count). The Kier molecular flexibility index (Phi) is 3.85. The molecule has 7 heteroatoms. The summed E-state index contributed by atoms with van der Waals surface area (Å²) in [7, 11) is 0. The average Bonchev–Trinajstić information content (AvgIpc) is 2.89. The molecule has 1 aliphatic rings. The van der Waals surface area contributed by atoms with Crippen LogP contribution < -0.4 is 11.1 Å². The molecule has 4 N–H and O–H groups in total. The molecule has 1 amide bonds. The number of aromatic nitrogens is 2. The number of anilines is 1. The summed E-state index contributed by atoms with van der Waals surface area (Å²) in [4.78, 5) is 20.6. The smallest absolute Gasteiger partial charge is 0.271 e. The second-order valence-electron chi connectivity index (χ2n) is 5.16. The number of thiazole rings is 1. The van der Waals surface area contributed by atoms with Crippen LogP contribution in [-0.2, 0) is 0 Å². The number of aliphatic hydroxyl groups excluding tert-OH is 1. The first kappa shape index (κ1) is 14.0. The van der Waals surface area contributed by atoms with E-state index in [-0.39, 0.29) is 24.0 Å². The van der Waals surface area contributed by atoms with E-state index in [1.54, 1.807) is 11.6 Å². The maximum absolute atomic E-state index is 12.3. The highest BCUT2D eigenvalue weighted by Gasteiger charge is 2.36. The van der Waals surface area contributed by atoms with Crippen molar-refractivity contribution in [3.8, 4) is 0 Å². The second-order valence-corrected chi connectivity index (χ2v) is 6.05. The first-order chi connectivity index (χ1) is 10.1. The zero-order chi connectivity index (χ0) is 14.8. The first-order valence-electron chi connectivity index (χ1n) is 6.74. The number of pyridine rings is 1. The topological polar surface area (TPSA) is 101 Å². The molecular weight excluding hydrogens is 288 g/mol. The number of carbonyl (C=O) groups is 1. The molecule has 0 bridgehead atoms. The molecule has 1 fully saturated rings. The molecule has 6 nitrogen and oxygen atoms in total. The molecule has 0 radical (unpaired) electrons. The van der Waals surface area contributed by atoms with Gasteiger partial charge in [-0.3, -0.25) is 9.78 Å². The van der Waals surface area contributed by atoms with Gasteiger partial charge in [0.2, 0.25) is 0 Å². The summed E-state index contributed by atoms with van der Waals surface area (Å²) in [5.41, 5.74) is 6.67. The van der Waals surface area contributed by atoms with Gasteiger partial charge in [0.15, 0.2) is 5.13 Å². The average molecular weight is 304 g/mol. The third kappa shape index (κ3) is 3.03. The van der Waals surface area contributed by atoms with Crippen LogP contribution in [0.15, 0.2) is 29.8 Å². The third-order valence-electron chi connectivity index (χ3n) is 3.67. The van der Waals surface area contributed by atoms with Gasteiger partial charge in [0.05, 0.1) is 17.8 Å². The lowest BCUT2D eigenvalue weighted by Gasteiger charge is -2.37. The van der Waals surface area contributed by atoms with E-state index in [9.17, 15) is 9.90 Å². The standard InChI is InChI=1S/C14H16N4O2S/c15-14-17-11(7-21-14)13(20)18-12(8-5-9(19)6-8)10-3-1-2-4-16-10/h1-4,7-9,12,19H,5-6H2,(H2,15,17)(H,18,20). The van der Waals surface area contributed by atoms with E-state index in [1.807, 2.05) is 18.2 Å². The summed E-state index contributed by atoms with van der Waals surface area (Å²) in [6.45, 7) is 0. The van der Waals surface area contributed by atoms with E-state index in [1.165, 1.54) is 11.3 Å². The fourth-order valence-electron chi connectivity index (χ4n) is 2.50. The van der Waals surface area contributed by atoms with Gasteiger partial charge < -0.3 is 16.2 Å². The van der Waals surface area contributed by atoms with E-state index in [0.717, 1.165) is 5.69 Å². The highest BCUT2D eigenvalue weighted by Crippen LogP contribution is 2.37. The Labute approximate surface area is 126 Å². The number of carbonyl (C=O) groups excluding carboxylic acids is 1. The summed E-state index contributed by atoms with van der Waals surface area (Å²) >= 11 is 1.23. The highest BCUT2D eigenvalue weighted by atomic mass is 32.1. The summed E-state index contributed by atoms with van der Waals surface area (Å²) in [5, 5.41) is 14.5. The molecule has 110 valence electrons. The number of nitrogens with zero attached hydrogens (tertiary/aromatic N) is 2. The molecule has 2 heterocycles. The zero-order valence-corrected chi connectivity index (χ0v) is 12.1. The number of nitrogens with one attached hydrogen (secondary N) is 1.